The average Bonchev–Trinajstić information content (AvgIpc) is 2.26. The Kier molecular flexibility index (Phi) is 4.30. The van der Waals surface area contributed by atoms with Gasteiger partial charge in [-0.25, -0.2) is 0 Å². The van der Waals surface area contributed by atoms with Crippen LogP contribution in [0, 0.1) is 0 Å². The number of aliphatic hydroxyl groups is 1. The highest BCUT2D eigenvalue weighted by atomic mass is 16.3. The van der Waals surface area contributed by atoms with Crippen LogP contribution >= 0.6 is 0 Å². The van der Waals surface area contributed by atoms with Gasteiger partial charge >= 0.3 is 0 Å². The van der Waals surface area contributed by atoms with E-state index in [0.29, 0.717) is 0 Å². The van der Waals surface area contributed by atoms with Crippen LogP contribution in [-0.2, 0) is 4.79 Å². The van der Waals surface area contributed by atoms with Crippen molar-refractivity contribution in [2.45, 2.75) is 38.8 Å². The zero-order valence-electron chi connectivity index (χ0n) is 11.4. The molecule has 0 radical (unpaired) electrons. The molecule has 1 rings (SSSR count). The predicted molar refractivity (Wildman–Crippen MR) is 74.0 cm³/mol. The quantitative estimate of drug-likeness (QED) is 0.802. The molecule has 0 bridgehead atoms. The molecule has 3 heteroatoms. The lowest BCUT2D eigenvalue weighted by Crippen LogP contribution is -2.57. The molecule has 98 valence electrons. The van der Waals surface area contributed by atoms with Gasteiger partial charge in [-0.1, -0.05) is 30.3 Å². The third-order valence-corrected chi connectivity index (χ3v) is 3.19. The summed E-state index contributed by atoms with van der Waals surface area (Å²) in [5.41, 5.74) is -0.706. The number of carbonyl (C=O) groups is 1. The first-order valence-electron chi connectivity index (χ1n) is 6.00. The molecule has 1 aromatic carbocycles. The Morgan fingerprint density at radius 2 is 1.72 bits per heavy atom. The minimum Gasteiger partial charge on any atom is -0.388 e. The summed E-state index contributed by atoms with van der Waals surface area (Å²) < 4.78 is 0. The lowest BCUT2D eigenvalue weighted by Gasteiger charge is -2.37. The number of nitrogens with one attached hydrogen (secondary N) is 1. The second-order valence-electron chi connectivity index (χ2n) is 5.42. The molecule has 1 amide bonds. The molecule has 1 aromatic rings. The molecule has 0 heterocycles. The fourth-order valence-electron chi connectivity index (χ4n) is 1.24. The second kappa shape index (κ2) is 5.36. The molecule has 0 aromatic heterocycles. The standard InChI is InChI=1S/C15H21NO2/c1-14(2,15(3,4)18)16-13(17)11-10-12-8-6-5-7-9-12/h5-11,18H,1-4H3,(H,16,17)/b11-10+. The molecule has 0 aliphatic carbocycles. The van der Waals surface area contributed by atoms with Crippen molar-refractivity contribution in [1.29, 1.82) is 0 Å². The van der Waals surface area contributed by atoms with Gasteiger partial charge < -0.3 is 10.4 Å². The monoisotopic (exact) mass is 247 g/mol. The van der Waals surface area contributed by atoms with Crippen LogP contribution in [0.5, 0.6) is 0 Å². The molecular formula is C15H21NO2. The zero-order chi connectivity index (χ0) is 13.8. The van der Waals surface area contributed by atoms with Crippen molar-refractivity contribution in [3.8, 4) is 0 Å². The van der Waals surface area contributed by atoms with E-state index in [9.17, 15) is 9.90 Å². The highest BCUT2D eigenvalue weighted by molar-refractivity contribution is 5.92. The summed E-state index contributed by atoms with van der Waals surface area (Å²) in [6.45, 7) is 6.94. The van der Waals surface area contributed by atoms with Crippen LogP contribution in [0.2, 0.25) is 0 Å². The molecule has 0 unspecified atom stereocenters. The van der Waals surface area contributed by atoms with Crippen molar-refractivity contribution in [3.05, 3.63) is 42.0 Å². The third kappa shape index (κ3) is 4.00. The number of hydrogen-bond acceptors (Lipinski definition) is 2. The van der Waals surface area contributed by atoms with Crippen LogP contribution < -0.4 is 5.32 Å². The van der Waals surface area contributed by atoms with Crippen molar-refractivity contribution in [2.24, 2.45) is 0 Å². The number of carbonyl (C=O) groups excluding carboxylic acids is 1. The summed E-state index contributed by atoms with van der Waals surface area (Å²) in [4.78, 5) is 11.8. The average molecular weight is 247 g/mol. The molecule has 18 heavy (non-hydrogen) atoms. The minimum absolute atomic E-state index is 0.217. The van der Waals surface area contributed by atoms with Gasteiger partial charge in [0.05, 0.1) is 11.1 Å². The number of amides is 1. The van der Waals surface area contributed by atoms with Crippen molar-refractivity contribution < 1.29 is 9.90 Å². The Hall–Kier alpha value is -1.61. The molecule has 0 aliphatic rings. The summed E-state index contributed by atoms with van der Waals surface area (Å²) >= 11 is 0. The first-order chi connectivity index (χ1) is 8.22. The molecule has 0 atom stereocenters. The van der Waals surface area contributed by atoms with E-state index in [1.54, 1.807) is 33.8 Å². The molecular weight excluding hydrogens is 226 g/mol. The Bertz CT molecular complexity index is 428. The Morgan fingerprint density at radius 1 is 1.17 bits per heavy atom. The third-order valence-electron chi connectivity index (χ3n) is 3.19. The molecule has 0 spiro atoms. The van der Waals surface area contributed by atoms with Gasteiger partial charge in [-0.2, -0.15) is 0 Å². The molecule has 0 saturated heterocycles. The zero-order valence-corrected chi connectivity index (χ0v) is 11.4. The maximum atomic E-state index is 11.8. The SMILES string of the molecule is CC(C)(O)C(C)(C)NC(=O)/C=C/c1ccccc1. The van der Waals surface area contributed by atoms with Crippen LogP contribution in [0.4, 0.5) is 0 Å². The van der Waals surface area contributed by atoms with Gasteiger partial charge in [0.1, 0.15) is 0 Å². The first kappa shape index (κ1) is 14.5. The molecule has 3 nitrogen and oxygen atoms in total. The van der Waals surface area contributed by atoms with Crippen LogP contribution in [0.25, 0.3) is 6.08 Å². The van der Waals surface area contributed by atoms with Crippen molar-refractivity contribution >= 4 is 12.0 Å². The number of hydrogen-bond donors (Lipinski definition) is 2. The van der Waals surface area contributed by atoms with Crippen LogP contribution in [-0.4, -0.2) is 22.2 Å². The summed E-state index contributed by atoms with van der Waals surface area (Å²) in [7, 11) is 0. The summed E-state index contributed by atoms with van der Waals surface area (Å²) in [5.74, 6) is -0.217. The van der Waals surface area contributed by atoms with Crippen LogP contribution in [0.3, 0.4) is 0 Å². The fraction of sp³-hybridized carbons (Fsp3) is 0.400. The van der Waals surface area contributed by atoms with E-state index >= 15 is 0 Å². The van der Waals surface area contributed by atoms with E-state index in [1.807, 2.05) is 30.3 Å². The molecule has 0 saturated carbocycles. The van der Waals surface area contributed by atoms with Crippen LogP contribution in [0.1, 0.15) is 33.3 Å². The topological polar surface area (TPSA) is 49.3 Å². The normalized spacial score (nSPS) is 12.7. The highest BCUT2D eigenvalue weighted by Crippen LogP contribution is 2.20. The van der Waals surface area contributed by atoms with E-state index in [4.69, 9.17) is 0 Å². The summed E-state index contributed by atoms with van der Waals surface area (Å²) in [6, 6.07) is 9.60. The van der Waals surface area contributed by atoms with Gasteiger partial charge in [-0.15, -0.1) is 0 Å². The lowest BCUT2D eigenvalue weighted by molar-refractivity contribution is -0.121. The first-order valence-corrected chi connectivity index (χ1v) is 6.00. The van der Waals surface area contributed by atoms with Crippen molar-refractivity contribution in [1.82, 2.24) is 5.32 Å². The molecule has 0 aliphatic heterocycles. The number of rotatable bonds is 4. The van der Waals surface area contributed by atoms with Gasteiger partial charge in [-0.3, -0.25) is 4.79 Å². The van der Waals surface area contributed by atoms with Crippen molar-refractivity contribution in [2.75, 3.05) is 0 Å². The van der Waals surface area contributed by atoms with Crippen molar-refractivity contribution in [3.63, 3.8) is 0 Å². The van der Waals surface area contributed by atoms with Gasteiger partial charge in [0.15, 0.2) is 0 Å². The molecule has 0 fully saturated rings. The largest absolute Gasteiger partial charge is 0.388 e. The van der Waals surface area contributed by atoms with Gasteiger partial charge in [0.25, 0.3) is 0 Å². The lowest BCUT2D eigenvalue weighted by atomic mass is 9.86. The van der Waals surface area contributed by atoms with E-state index in [2.05, 4.69) is 5.32 Å². The maximum Gasteiger partial charge on any atom is 0.244 e. The second-order valence-corrected chi connectivity index (χ2v) is 5.42. The van der Waals surface area contributed by atoms with Gasteiger partial charge in [-0.05, 0) is 39.3 Å². The van der Waals surface area contributed by atoms with E-state index in [0.717, 1.165) is 5.56 Å². The number of benzene rings is 1. The van der Waals surface area contributed by atoms with Crippen LogP contribution in [0.15, 0.2) is 36.4 Å². The van der Waals surface area contributed by atoms with Gasteiger partial charge in [0.2, 0.25) is 5.91 Å². The Balaban J connectivity index is 2.66. The van der Waals surface area contributed by atoms with E-state index < -0.39 is 11.1 Å². The fourth-order valence-corrected chi connectivity index (χ4v) is 1.24. The van der Waals surface area contributed by atoms with E-state index in [-0.39, 0.29) is 5.91 Å². The predicted octanol–water partition coefficient (Wildman–Crippen LogP) is 2.37. The Labute approximate surface area is 109 Å². The van der Waals surface area contributed by atoms with E-state index in [1.165, 1.54) is 6.08 Å². The van der Waals surface area contributed by atoms with Gasteiger partial charge in [0, 0.05) is 6.08 Å². The highest BCUT2D eigenvalue weighted by Gasteiger charge is 2.35. The summed E-state index contributed by atoms with van der Waals surface area (Å²) in [6.07, 6.45) is 3.22. The summed E-state index contributed by atoms with van der Waals surface area (Å²) in [5, 5.41) is 12.7. The Morgan fingerprint density at radius 3 is 2.22 bits per heavy atom. The minimum atomic E-state index is -0.983. The maximum absolute atomic E-state index is 11.8. The molecule has 2 N–H and O–H groups in total. The smallest absolute Gasteiger partial charge is 0.244 e.